The van der Waals surface area contributed by atoms with Crippen LogP contribution in [-0.4, -0.2) is 9.55 Å². The third-order valence-corrected chi connectivity index (χ3v) is 1.97. The molecule has 0 aliphatic rings. The minimum Gasteiger partial charge on any atom is -0.382 e. The first-order valence-electron chi connectivity index (χ1n) is 3.82. The lowest BCUT2D eigenvalue weighted by Crippen LogP contribution is -2.00. The summed E-state index contributed by atoms with van der Waals surface area (Å²) in [7, 11) is 1.99. The van der Waals surface area contributed by atoms with Crippen molar-refractivity contribution in [3.8, 4) is 0 Å². The van der Waals surface area contributed by atoms with E-state index in [4.69, 9.17) is 5.73 Å². The van der Waals surface area contributed by atoms with Gasteiger partial charge in [-0.05, 0) is 6.92 Å². The van der Waals surface area contributed by atoms with E-state index in [0.717, 1.165) is 11.5 Å². The van der Waals surface area contributed by atoms with Gasteiger partial charge in [-0.15, -0.1) is 0 Å². The van der Waals surface area contributed by atoms with Gasteiger partial charge in [-0.2, -0.15) is 0 Å². The highest BCUT2D eigenvalue weighted by molar-refractivity contribution is 5.36. The fourth-order valence-corrected chi connectivity index (χ4v) is 1.14. The summed E-state index contributed by atoms with van der Waals surface area (Å²) < 4.78 is 2.04. The molecule has 11 heavy (non-hydrogen) atoms. The quantitative estimate of drug-likeness (QED) is 0.663. The number of nitrogens with two attached hydrogens (primary N) is 1. The van der Waals surface area contributed by atoms with Crippen LogP contribution in [0, 0.1) is 6.92 Å². The van der Waals surface area contributed by atoms with Crippen molar-refractivity contribution < 1.29 is 0 Å². The number of nitrogen functional groups attached to an aromatic ring is 1. The molecule has 0 aliphatic carbocycles. The van der Waals surface area contributed by atoms with Crippen molar-refractivity contribution in [2.45, 2.75) is 26.7 Å². The van der Waals surface area contributed by atoms with Crippen LogP contribution in [0.4, 0.5) is 5.82 Å². The smallest absolute Gasteiger partial charge is 0.144 e. The largest absolute Gasteiger partial charge is 0.382 e. The van der Waals surface area contributed by atoms with E-state index < -0.39 is 0 Å². The van der Waals surface area contributed by atoms with Crippen LogP contribution in [0.15, 0.2) is 0 Å². The molecule has 1 rings (SSSR count). The maximum absolute atomic E-state index is 5.65. The summed E-state index contributed by atoms with van der Waals surface area (Å²) >= 11 is 0. The molecule has 0 aromatic carbocycles. The second-order valence-corrected chi connectivity index (χ2v) is 3.15. The number of aromatic nitrogens is 2. The van der Waals surface area contributed by atoms with Crippen molar-refractivity contribution in [1.29, 1.82) is 0 Å². The van der Waals surface area contributed by atoms with E-state index in [0.29, 0.717) is 11.7 Å². The standard InChI is InChI=1S/C8H15N3/c1-5(2)8-10-7(9)6(3)11(8)4/h5H,9H2,1-4H3. The normalized spacial score (nSPS) is 11.0. The maximum atomic E-state index is 5.65. The van der Waals surface area contributed by atoms with Gasteiger partial charge in [-0.25, -0.2) is 4.98 Å². The molecule has 0 spiro atoms. The van der Waals surface area contributed by atoms with Crippen LogP contribution in [0.3, 0.4) is 0 Å². The second-order valence-electron chi connectivity index (χ2n) is 3.15. The lowest BCUT2D eigenvalue weighted by Gasteiger charge is -2.04. The molecule has 2 N–H and O–H groups in total. The Balaban J connectivity index is 3.19. The van der Waals surface area contributed by atoms with Gasteiger partial charge in [0.15, 0.2) is 0 Å². The number of hydrogen-bond donors (Lipinski definition) is 1. The Kier molecular flexibility index (Phi) is 1.89. The number of hydrogen-bond acceptors (Lipinski definition) is 2. The van der Waals surface area contributed by atoms with Crippen LogP contribution in [0.1, 0.15) is 31.3 Å². The highest BCUT2D eigenvalue weighted by Gasteiger charge is 2.10. The molecule has 3 nitrogen and oxygen atoms in total. The Labute approximate surface area is 67.2 Å². The average molecular weight is 153 g/mol. The monoisotopic (exact) mass is 153 g/mol. The summed E-state index contributed by atoms with van der Waals surface area (Å²) in [6.07, 6.45) is 0. The van der Waals surface area contributed by atoms with Crippen molar-refractivity contribution in [2.75, 3.05) is 5.73 Å². The van der Waals surface area contributed by atoms with E-state index in [9.17, 15) is 0 Å². The molecule has 1 aromatic heterocycles. The van der Waals surface area contributed by atoms with Crippen molar-refractivity contribution >= 4 is 5.82 Å². The molecule has 0 aliphatic heterocycles. The third-order valence-electron chi connectivity index (χ3n) is 1.97. The Morgan fingerprint density at radius 1 is 1.45 bits per heavy atom. The molecule has 0 saturated heterocycles. The molecule has 0 fully saturated rings. The Morgan fingerprint density at radius 3 is 2.18 bits per heavy atom. The third kappa shape index (κ3) is 1.23. The molecular weight excluding hydrogens is 138 g/mol. The van der Waals surface area contributed by atoms with E-state index in [-0.39, 0.29) is 0 Å². The van der Waals surface area contributed by atoms with Crippen molar-refractivity contribution in [1.82, 2.24) is 9.55 Å². The number of imidazole rings is 1. The highest BCUT2D eigenvalue weighted by atomic mass is 15.1. The van der Waals surface area contributed by atoms with Crippen molar-refractivity contribution in [3.63, 3.8) is 0 Å². The molecular formula is C8H15N3. The topological polar surface area (TPSA) is 43.8 Å². The van der Waals surface area contributed by atoms with Gasteiger partial charge in [0.1, 0.15) is 11.6 Å². The summed E-state index contributed by atoms with van der Waals surface area (Å²) in [5, 5.41) is 0. The van der Waals surface area contributed by atoms with Gasteiger partial charge in [0.2, 0.25) is 0 Å². The van der Waals surface area contributed by atoms with Crippen LogP contribution in [0.2, 0.25) is 0 Å². The minimum absolute atomic E-state index is 0.441. The zero-order chi connectivity index (χ0) is 8.59. The summed E-state index contributed by atoms with van der Waals surface area (Å²) in [4.78, 5) is 4.25. The van der Waals surface area contributed by atoms with Crippen molar-refractivity contribution in [3.05, 3.63) is 11.5 Å². The lowest BCUT2D eigenvalue weighted by atomic mass is 10.2. The predicted octanol–water partition coefficient (Wildman–Crippen LogP) is 1.43. The first-order valence-corrected chi connectivity index (χ1v) is 3.82. The molecule has 1 aromatic rings. The molecule has 0 atom stereocenters. The predicted molar refractivity (Wildman–Crippen MR) is 46.4 cm³/mol. The van der Waals surface area contributed by atoms with Gasteiger partial charge in [-0.3, -0.25) is 0 Å². The molecule has 0 bridgehead atoms. The zero-order valence-corrected chi connectivity index (χ0v) is 7.55. The van der Waals surface area contributed by atoms with Gasteiger partial charge in [0, 0.05) is 13.0 Å². The molecule has 0 radical (unpaired) electrons. The van der Waals surface area contributed by atoms with Crippen LogP contribution >= 0.6 is 0 Å². The van der Waals surface area contributed by atoms with E-state index >= 15 is 0 Å². The van der Waals surface area contributed by atoms with Gasteiger partial charge in [0.05, 0.1) is 5.69 Å². The van der Waals surface area contributed by atoms with Gasteiger partial charge >= 0.3 is 0 Å². The van der Waals surface area contributed by atoms with Gasteiger partial charge in [0.25, 0.3) is 0 Å². The highest BCUT2D eigenvalue weighted by Crippen LogP contribution is 2.17. The Morgan fingerprint density at radius 2 is 2.00 bits per heavy atom. The Bertz CT molecular complexity index is 261. The fraction of sp³-hybridized carbons (Fsp3) is 0.625. The zero-order valence-electron chi connectivity index (χ0n) is 7.55. The first-order chi connectivity index (χ1) is 5.04. The van der Waals surface area contributed by atoms with Crippen LogP contribution in [0.5, 0.6) is 0 Å². The second kappa shape index (κ2) is 2.57. The Hall–Kier alpha value is -0.990. The SMILES string of the molecule is Cc1c(N)nc(C(C)C)n1C. The van der Waals surface area contributed by atoms with Crippen LogP contribution < -0.4 is 5.73 Å². The van der Waals surface area contributed by atoms with Crippen LogP contribution in [0.25, 0.3) is 0 Å². The number of nitrogens with zero attached hydrogens (tertiary/aromatic N) is 2. The summed E-state index contributed by atoms with van der Waals surface area (Å²) in [5.74, 6) is 2.15. The van der Waals surface area contributed by atoms with E-state index in [1.54, 1.807) is 0 Å². The van der Waals surface area contributed by atoms with E-state index in [1.807, 2.05) is 18.5 Å². The number of anilines is 1. The van der Waals surface area contributed by atoms with Gasteiger partial charge < -0.3 is 10.3 Å². The number of rotatable bonds is 1. The average Bonchev–Trinajstić information content (AvgIpc) is 2.17. The summed E-state index contributed by atoms with van der Waals surface area (Å²) in [6.45, 7) is 6.20. The first kappa shape index (κ1) is 8.11. The molecule has 3 heteroatoms. The van der Waals surface area contributed by atoms with E-state index in [1.165, 1.54) is 0 Å². The molecule has 62 valence electrons. The molecule has 1 heterocycles. The van der Waals surface area contributed by atoms with Crippen LogP contribution in [-0.2, 0) is 7.05 Å². The lowest BCUT2D eigenvalue weighted by molar-refractivity contribution is 0.700. The van der Waals surface area contributed by atoms with Crippen molar-refractivity contribution in [2.24, 2.45) is 7.05 Å². The molecule has 0 amide bonds. The molecule has 0 unspecified atom stereocenters. The fourth-order valence-electron chi connectivity index (χ4n) is 1.14. The minimum atomic E-state index is 0.441. The van der Waals surface area contributed by atoms with Gasteiger partial charge in [-0.1, -0.05) is 13.8 Å². The summed E-state index contributed by atoms with van der Waals surface area (Å²) in [6, 6.07) is 0. The molecule has 0 saturated carbocycles. The van der Waals surface area contributed by atoms with E-state index in [2.05, 4.69) is 18.8 Å². The summed E-state index contributed by atoms with van der Waals surface area (Å²) in [5.41, 5.74) is 6.70. The maximum Gasteiger partial charge on any atom is 0.144 e.